The molecule has 1 aromatic heterocycles. The van der Waals surface area contributed by atoms with Crippen LogP contribution in [0.25, 0.3) is 10.8 Å². The molecule has 0 amide bonds. The van der Waals surface area contributed by atoms with Crippen molar-refractivity contribution in [1.82, 2.24) is 9.88 Å². The van der Waals surface area contributed by atoms with E-state index in [9.17, 15) is 4.39 Å². The number of piperidine rings is 1. The lowest BCUT2D eigenvalue weighted by Crippen LogP contribution is -2.41. The average molecular weight is 434 g/mol. The second-order valence-electron chi connectivity index (χ2n) is 8.04. The van der Waals surface area contributed by atoms with E-state index in [2.05, 4.69) is 26.8 Å². The number of benzene rings is 2. The molecule has 0 saturated carbocycles. The quantitative estimate of drug-likeness (QED) is 0.423. The monoisotopic (exact) mass is 433 g/mol. The third-order valence-electron chi connectivity index (χ3n) is 5.80. The van der Waals surface area contributed by atoms with E-state index in [-0.39, 0.29) is 11.7 Å². The van der Waals surface area contributed by atoms with Crippen LogP contribution in [-0.4, -0.2) is 35.9 Å². The summed E-state index contributed by atoms with van der Waals surface area (Å²) in [5.41, 5.74) is 7.92. The Morgan fingerprint density at radius 2 is 2.22 bits per heavy atom. The van der Waals surface area contributed by atoms with Gasteiger partial charge in [0, 0.05) is 59.5 Å². The molecule has 3 N–H and O–H groups in total. The standard InChI is InChI=1S/C25H28FN5O/c1-17(29-24-7-3-5-18-14-28-11-10-22(18)24)30-25(27)20-6-4-12-31(16-20)15-19-8-9-21(32-2)13-23(19)26/h3,5,7-11,13-14,20,29H,1,4,6,12,15-16H2,2H3,(H2,27,30). The number of likely N-dealkylation sites (tertiary alicyclic amines) is 1. The Kier molecular flexibility index (Phi) is 6.66. The summed E-state index contributed by atoms with van der Waals surface area (Å²) >= 11 is 0. The average Bonchev–Trinajstić information content (AvgIpc) is 2.81. The van der Waals surface area contributed by atoms with Crippen LogP contribution >= 0.6 is 0 Å². The zero-order valence-corrected chi connectivity index (χ0v) is 18.2. The molecule has 166 valence electrons. The predicted octanol–water partition coefficient (Wildman–Crippen LogP) is 4.54. The summed E-state index contributed by atoms with van der Waals surface area (Å²) in [6, 6.07) is 12.9. The van der Waals surface area contributed by atoms with Crippen molar-refractivity contribution in [2.75, 3.05) is 25.5 Å². The van der Waals surface area contributed by atoms with Crippen molar-refractivity contribution in [2.45, 2.75) is 19.4 Å². The van der Waals surface area contributed by atoms with E-state index in [0.29, 0.717) is 29.5 Å². The number of hydrogen-bond acceptors (Lipinski definition) is 5. The number of hydrogen-bond donors (Lipinski definition) is 2. The maximum atomic E-state index is 14.4. The van der Waals surface area contributed by atoms with E-state index in [1.54, 1.807) is 18.3 Å². The van der Waals surface area contributed by atoms with Crippen LogP contribution < -0.4 is 15.8 Å². The Balaban J connectivity index is 1.41. The molecule has 1 unspecified atom stereocenters. The summed E-state index contributed by atoms with van der Waals surface area (Å²) in [4.78, 5) is 10.9. The highest BCUT2D eigenvalue weighted by atomic mass is 19.1. The number of ether oxygens (including phenoxy) is 1. The third-order valence-corrected chi connectivity index (χ3v) is 5.80. The molecule has 4 rings (SSSR count). The van der Waals surface area contributed by atoms with Gasteiger partial charge in [0.2, 0.25) is 0 Å². The molecule has 2 aromatic carbocycles. The minimum Gasteiger partial charge on any atom is -0.497 e. The van der Waals surface area contributed by atoms with Gasteiger partial charge in [-0.3, -0.25) is 9.88 Å². The van der Waals surface area contributed by atoms with E-state index in [4.69, 9.17) is 10.5 Å². The first-order valence-corrected chi connectivity index (χ1v) is 10.7. The van der Waals surface area contributed by atoms with Crippen molar-refractivity contribution >= 4 is 22.3 Å². The van der Waals surface area contributed by atoms with Crippen LogP contribution in [0.4, 0.5) is 10.1 Å². The normalized spacial score (nSPS) is 17.3. The number of amidine groups is 1. The zero-order valence-electron chi connectivity index (χ0n) is 18.2. The second kappa shape index (κ2) is 9.78. The maximum Gasteiger partial charge on any atom is 0.131 e. The molecule has 7 heteroatoms. The summed E-state index contributed by atoms with van der Waals surface area (Å²) in [6.45, 7) is 6.20. The molecule has 32 heavy (non-hydrogen) atoms. The molecule has 0 aliphatic carbocycles. The maximum absolute atomic E-state index is 14.4. The number of fused-ring (bicyclic) bond motifs is 1. The predicted molar refractivity (Wildman–Crippen MR) is 127 cm³/mol. The lowest BCUT2D eigenvalue weighted by atomic mass is 9.96. The molecule has 6 nitrogen and oxygen atoms in total. The summed E-state index contributed by atoms with van der Waals surface area (Å²) < 4.78 is 19.4. The van der Waals surface area contributed by atoms with Crippen molar-refractivity contribution in [3.8, 4) is 5.75 Å². The molecule has 3 aromatic rings. The number of nitrogens with one attached hydrogen (secondary N) is 1. The lowest BCUT2D eigenvalue weighted by Gasteiger charge is -2.32. The highest BCUT2D eigenvalue weighted by Gasteiger charge is 2.23. The number of nitrogens with two attached hydrogens (primary N) is 1. The first-order chi connectivity index (χ1) is 15.5. The van der Waals surface area contributed by atoms with Gasteiger partial charge >= 0.3 is 0 Å². The molecular formula is C25H28FN5O. The fourth-order valence-corrected chi connectivity index (χ4v) is 4.13. The minimum atomic E-state index is -0.254. The molecule has 1 aliphatic rings. The SMILES string of the molecule is C=C(/N=C(\N)C1CCCN(Cc2ccc(OC)cc2F)C1)Nc1cccc2cnccc12. The smallest absolute Gasteiger partial charge is 0.131 e. The van der Waals surface area contributed by atoms with Crippen LogP contribution in [0, 0.1) is 11.7 Å². The highest BCUT2D eigenvalue weighted by molar-refractivity contribution is 5.94. The Morgan fingerprint density at radius 1 is 1.34 bits per heavy atom. The van der Waals surface area contributed by atoms with Gasteiger partial charge < -0.3 is 15.8 Å². The number of pyridine rings is 1. The van der Waals surface area contributed by atoms with Gasteiger partial charge in [-0.05, 0) is 37.6 Å². The number of aliphatic imine (C=N–C) groups is 1. The van der Waals surface area contributed by atoms with Crippen LogP contribution in [0.1, 0.15) is 18.4 Å². The first-order valence-electron chi connectivity index (χ1n) is 10.7. The van der Waals surface area contributed by atoms with E-state index >= 15 is 0 Å². The summed E-state index contributed by atoms with van der Waals surface area (Å²) in [5.74, 6) is 1.40. The number of methoxy groups -OCH3 is 1. The fraction of sp³-hybridized carbons (Fsp3) is 0.280. The molecule has 0 spiro atoms. The van der Waals surface area contributed by atoms with Gasteiger partial charge in [-0.2, -0.15) is 0 Å². The third kappa shape index (κ3) is 5.06. The van der Waals surface area contributed by atoms with Crippen LogP contribution in [0.5, 0.6) is 5.75 Å². The molecule has 1 saturated heterocycles. The Hall–Kier alpha value is -3.45. The molecular weight excluding hydrogens is 405 g/mol. The Bertz CT molecular complexity index is 1140. The van der Waals surface area contributed by atoms with Gasteiger partial charge in [-0.25, -0.2) is 9.38 Å². The van der Waals surface area contributed by atoms with Crippen molar-refractivity contribution < 1.29 is 9.13 Å². The number of halogens is 1. The van der Waals surface area contributed by atoms with Crippen LogP contribution in [0.15, 0.2) is 72.3 Å². The Labute approximate surface area is 187 Å². The Morgan fingerprint density at radius 3 is 3.03 bits per heavy atom. The van der Waals surface area contributed by atoms with Crippen LogP contribution in [0.3, 0.4) is 0 Å². The van der Waals surface area contributed by atoms with E-state index in [1.807, 2.05) is 30.5 Å². The summed E-state index contributed by atoms with van der Waals surface area (Å²) in [7, 11) is 1.53. The van der Waals surface area contributed by atoms with Crippen molar-refractivity contribution in [3.63, 3.8) is 0 Å². The summed E-state index contributed by atoms with van der Waals surface area (Å²) in [6.07, 6.45) is 5.51. The van der Waals surface area contributed by atoms with Gasteiger partial charge in [0.25, 0.3) is 0 Å². The van der Waals surface area contributed by atoms with Gasteiger partial charge in [0.05, 0.1) is 7.11 Å². The number of nitrogens with zero attached hydrogens (tertiary/aromatic N) is 3. The van der Waals surface area contributed by atoms with Crippen molar-refractivity contribution in [1.29, 1.82) is 0 Å². The largest absolute Gasteiger partial charge is 0.497 e. The molecule has 1 atom stereocenters. The van der Waals surface area contributed by atoms with E-state index in [0.717, 1.165) is 42.4 Å². The van der Waals surface area contributed by atoms with Gasteiger partial charge in [0.15, 0.2) is 0 Å². The van der Waals surface area contributed by atoms with Gasteiger partial charge in [-0.15, -0.1) is 0 Å². The molecule has 0 radical (unpaired) electrons. The second-order valence-corrected chi connectivity index (χ2v) is 8.04. The van der Waals surface area contributed by atoms with Crippen molar-refractivity contribution in [2.24, 2.45) is 16.6 Å². The van der Waals surface area contributed by atoms with Crippen molar-refractivity contribution in [3.05, 3.63) is 78.6 Å². The minimum absolute atomic E-state index is 0.0975. The summed E-state index contributed by atoms with van der Waals surface area (Å²) in [5, 5.41) is 5.34. The number of rotatable bonds is 7. The first kappa shape index (κ1) is 21.8. The van der Waals surface area contributed by atoms with E-state index in [1.165, 1.54) is 13.2 Å². The molecule has 1 aliphatic heterocycles. The van der Waals surface area contributed by atoms with Crippen LogP contribution in [-0.2, 0) is 6.54 Å². The fourth-order valence-electron chi connectivity index (χ4n) is 4.13. The molecule has 0 bridgehead atoms. The number of anilines is 1. The topological polar surface area (TPSA) is 75.8 Å². The van der Waals surface area contributed by atoms with Gasteiger partial charge in [-0.1, -0.05) is 24.8 Å². The zero-order chi connectivity index (χ0) is 22.5. The molecule has 2 heterocycles. The highest BCUT2D eigenvalue weighted by Crippen LogP contribution is 2.25. The number of aromatic nitrogens is 1. The lowest BCUT2D eigenvalue weighted by molar-refractivity contribution is 0.194. The van der Waals surface area contributed by atoms with E-state index < -0.39 is 0 Å². The van der Waals surface area contributed by atoms with Crippen LogP contribution in [0.2, 0.25) is 0 Å². The molecule has 1 fully saturated rings. The van der Waals surface area contributed by atoms with Gasteiger partial charge in [0.1, 0.15) is 23.2 Å².